The lowest BCUT2D eigenvalue weighted by molar-refractivity contribution is 0.111. The minimum absolute atomic E-state index is 0.515. The highest BCUT2D eigenvalue weighted by Gasteiger charge is 2.11. The van der Waals surface area contributed by atoms with Crippen molar-refractivity contribution in [2.75, 3.05) is 0 Å². The Hall–Kier alpha value is -1.35. The average Bonchev–Trinajstić information content (AvgIpc) is 2.26. The van der Waals surface area contributed by atoms with Crippen LogP contribution in [0.5, 0.6) is 5.75 Å². The molecule has 0 radical (unpaired) electrons. The van der Waals surface area contributed by atoms with Crippen molar-refractivity contribution in [3.63, 3.8) is 0 Å². The van der Waals surface area contributed by atoms with E-state index in [0.717, 1.165) is 24.7 Å². The normalized spacial score (nSPS) is 9.93. The van der Waals surface area contributed by atoms with Gasteiger partial charge in [0.05, 0.1) is 5.56 Å². The molecule has 0 aliphatic heterocycles. The van der Waals surface area contributed by atoms with E-state index >= 15 is 0 Å². The molecule has 3 heteroatoms. The summed E-state index contributed by atoms with van der Waals surface area (Å²) in [6, 6.07) is 3.69. The summed E-state index contributed by atoms with van der Waals surface area (Å²) in [5.74, 6) is 5.68. The van der Waals surface area contributed by atoms with Gasteiger partial charge in [0.25, 0.3) is 0 Å². The standard InChI is InChI=1S/C11H15NO2/c1-3-8-5-6-9(7-13)11(14-12)10(8)4-2/h5-7H,3-4,12H2,1-2H3. The molecule has 0 unspecified atom stereocenters. The van der Waals surface area contributed by atoms with Crippen molar-refractivity contribution in [1.29, 1.82) is 0 Å². The van der Waals surface area contributed by atoms with Crippen LogP contribution in [-0.4, -0.2) is 6.29 Å². The highest BCUT2D eigenvalue weighted by molar-refractivity contribution is 5.80. The van der Waals surface area contributed by atoms with Crippen molar-refractivity contribution in [3.8, 4) is 5.75 Å². The molecule has 0 aromatic heterocycles. The van der Waals surface area contributed by atoms with Crippen molar-refractivity contribution in [2.24, 2.45) is 5.90 Å². The van der Waals surface area contributed by atoms with Gasteiger partial charge in [0.2, 0.25) is 0 Å². The van der Waals surface area contributed by atoms with Crippen molar-refractivity contribution in [3.05, 3.63) is 28.8 Å². The van der Waals surface area contributed by atoms with Crippen LogP contribution in [0, 0.1) is 0 Å². The van der Waals surface area contributed by atoms with Gasteiger partial charge < -0.3 is 4.84 Å². The maximum atomic E-state index is 10.7. The molecule has 0 spiro atoms. The summed E-state index contributed by atoms with van der Waals surface area (Å²) in [6.45, 7) is 4.08. The lowest BCUT2D eigenvalue weighted by atomic mass is 9.99. The molecule has 0 aliphatic carbocycles. The largest absolute Gasteiger partial charge is 0.410 e. The van der Waals surface area contributed by atoms with E-state index in [1.54, 1.807) is 6.07 Å². The van der Waals surface area contributed by atoms with Crippen molar-refractivity contribution in [2.45, 2.75) is 26.7 Å². The molecule has 0 aliphatic rings. The molecule has 0 amide bonds. The SMILES string of the molecule is CCc1ccc(C=O)c(ON)c1CC. The molecule has 2 N–H and O–H groups in total. The Bertz CT molecular complexity index is 334. The van der Waals surface area contributed by atoms with E-state index in [2.05, 4.69) is 6.92 Å². The van der Waals surface area contributed by atoms with Gasteiger partial charge in [0, 0.05) is 5.56 Å². The summed E-state index contributed by atoms with van der Waals surface area (Å²) in [5, 5.41) is 0. The van der Waals surface area contributed by atoms with Crippen molar-refractivity contribution < 1.29 is 9.63 Å². The first-order chi connectivity index (χ1) is 6.78. The minimum atomic E-state index is 0.515. The molecule has 76 valence electrons. The molecule has 14 heavy (non-hydrogen) atoms. The molecule has 0 saturated heterocycles. The molecular formula is C11H15NO2. The van der Waals surface area contributed by atoms with Crippen LogP contribution in [0.1, 0.15) is 35.3 Å². The summed E-state index contributed by atoms with van der Waals surface area (Å²) in [7, 11) is 0. The second-order valence-corrected chi connectivity index (χ2v) is 3.06. The molecule has 0 saturated carbocycles. The molecule has 1 aromatic carbocycles. The summed E-state index contributed by atoms with van der Waals surface area (Å²) in [5.41, 5.74) is 2.72. The zero-order valence-corrected chi connectivity index (χ0v) is 8.54. The van der Waals surface area contributed by atoms with Crippen LogP contribution < -0.4 is 10.7 Å². The molecular weight excluding hydrogens is 178 g/mol. The highest BCUT2D eigenvalue weighted by atomic mass is 16.6. The maximum Gasteiger partial charge on any atom is 0.160 e. The van der Waals surface area contributed by atoms with Gasteiger partial charge >= 0.3 is 0 Å². The summed E-state index contributed by atoms with van der Waals surface area (Å²) in [6.07, 6.45) is 2.50. The number of rotatable bonds is 4. The van der Waals surface area contributed by atoms with Gasteiger partial charge in [-0.3, -0.25) is 4.79 Å². The predicted molar refractivity (Wildman–Crippen MR) is 55.4 cm³/mol. The number of aldehydes is 1. The second kappa shape index (κ2) is 4.77. The van der Waals surface area contributed by atoms with Crippen LogP contribution in [0.2, 0.25) is 0 Å². The molecule has 0 atom stereocenters. The van der Waals surface area contributed by atoms with E-state index in [-0.39, 0.29) is 0 Å². The number of aryl methyl sites for hydroxylation is 1. The van der Waals surface area contributed by atoms with Gasteiger partial charge in [-0.2, -0.15) is 5.90 Å². The zero-order valence-electron chi connectivity index (χ0n) is 8.54. The molecule has 0 heterocycles. The smallest absolute Gasteiger partial charge is 0.160 e. The maximum absolute atomic E-state index is 10.7. The van der Waals surface area contributed by atoms with Crippen molar-refractivity contribution >= 4 is 6.29 Å². The van der Waals surface area contributed by atoms with Crippen LogP contribution in [0.25, 0.3) is 0 Å². The minimum Gasteiger partial charge on any atom is -0.410 e. The Balaban J connectivity index is 3.35. The zero-order chi connectivity index (χ0) is 10.6. The quantitative estimate of drug-likeness (QED) is 0.586. The van der Waals surface area contributed by atoms with E-state index in [1.807, 2.05) is 13.0 Å². The Morgan fingerprint density at radius 3 is 2.50 bits per heavy atom. The molecule has 0 bridgehead atoms. The first-order valence-electron chi connectivity index (χ1n) is 4.75. The second-order valence-electron chi connectivity index (χ2n) is 3.06. The van der Waals surface area contributed by atoms with Crippen LogP contribution >= 0.6 is 0 Å². The molecule has 1 aromatic rings. The number of nitrogens with two attached hydrogens (primary N) is 1. The third-order valence-electron chi connectivity index (χ3n) is 2.37. The van der Waals surface area contributed by atoms with E-state index in [1.165, 1.54) is 5.56 Å². The molecule has 1 rings (SSSR count). The third-order valence-corrected chi connectivity index (χ3v) is 2.37. The van der Waals surface area contributed by atoms with Crippen LogP contribution in [0.3, 0.4) is 0 Å². The number of carbonyl (C=O) groups is 1. The van der Waals surface area contributed by atoms with Crippen molar-refractivity contribution in [1.82, 2.24) is 0 Å². The number of benzene rings is 1. The van der Waals surface area contributed by atoms with E-state index in [0.29, 0.717) is 11.3 Å². The Labute approximate surface area is 83.8 Å². The van der Waals surface area contributed by atoms with E-state index < -0.39 is 0 Å². The topological polar surface area (TPSA) is 52.3 Å². The molecule has 0 fully saturated rings. The Morgan fingerprint density at radius 2 is 2.07 bits per heavy atom. The van der Waals surface area contributed by atoms with Gasteiger partial charge in [0.15, 0.2) is 12.0 Å². The number of carbonyl (C=O) groups excluding carboxylic acids is 1. The van der Waals surface area contributed by atoms with E-state index in [4.69, 9.17) is 10.7 Å². The Morgan fingerprint density at radius 1 is 1.36 bits per heavy atom. The Kier molecular flexibility index (Phi) is 3.65. The average molecular weight is 193 g/mol. The summed E-state index contributed by atoms with van der Waals surface area (Å²) >= 11 is 0. The molecule has 3 nitrogen and oxygen atoms in total. The fraction of sp³-hybridized carbons (Fsp3) is 0.364. The predicted octanol–water partition coefficient (Wildman–Crippen LogP) is 1.88. The third kappa shape index (κ3) is 1.77. The number of hydrogen-bond acceptors (Lipinski definition) is 3. The first-order valence-corrected chi connectivity index (χ1v) is 4.75. The van der Waals surface area contributed by atoms with Gasteiger partial charge in [-0.25, -0.2) is 0 Å². The first kappa shape index (κ1) is 10.7. The monoisotopic (exact) mass is 193 g/mol. The van der Waals surface area contributed by atoms with Gasteiger partial charge in [-0.15, -0.1) is 0 Å². The van der Waals surface area contributed by atoms with Crippen LogP contribution in [-0.2, 0) is 12.8 Å². The summed E-state index contributed by atoms with van der Waals surface area (Å²) in [4.78, 5) is 15.5. The van der Waals surface area contributed by atoms with Gasteiger partial charge in [-0.05, 0) is 24.5 Å². The van der Waals surface area contributed by atoms with Crippen LogP contribution in [0.4, 0.5) is 0 Å². The fourth-order valence-corrected chi connectivity index (χ4v) is 1.64. The lowest BCUT2D eigenvalue weighted by Crippen LogP contribution is -2.09. The number of hydrogen-bond donors (Lipinski definition) is 1. The van der Waals surface area contributed by atoms with Crippen LogP contribution in [0.15, 0.2) is 12.1 Å². The summed E-state index contributed by atoms with van der Waals surface area (Å²) < 4.78 is 0. The van der Waals surface area contributed by atoms with E-state index in [9.17, 15) is 4.79 Å². The van der Waals surface area contributed by atoms with Gasteiger partial charge in [-0.1, -0.05) is 19.9 Å². The lowest BCUT2D eigenvalue weighted by Gasteiger charge is -2.12. The van der Waals surface area contributed by atoms with Gasteiger partial charge in [0.1, 0.15) is 0 Å². The highest BCUT2D eigenvalue weighted by Crippen LogP contribution is 2.26. The fourth-order valence-electron chi connectivity index (χ4n) is 1.64.